The zero-order chi connectivity index (χ0) is 22.3. The summed E-state index contributed by atoms with van der Waals surface area (Å²) in [6.45, 7) is 3.95. The number of sulfonamides is 1. The lowest BCUT2D eigenvalue weighted by molar-refractivity contribution is -0.116. The summed E-state index contributed by atoms with van der Waals surface area (Å²) in [5, 5.41) is 2.75. The Labute approximate surface area is 181 Å². The molecule has 1 amide bonds. The number of carbonyl (C=O) groups excluding carboxylic acids is 1. The van der Waals surface area contributed by atoms with Crippen LogP contribution in [0.3, 0.4) is 0 Å². The third-order valence-corrected chi connectivity index (χ3v) is 5.56. The molecule has 9 heteroatoms. The summed E-state index contributed by atoms with van der Waals surface area (Å²) < 4.78 is 33.0. The second-order valence-electron chi connectivity index (χ2n) is 6.92. The molecule has 0 bridgehead atoms. The molecule has 1 aromatic heterocycles. The molecule has 0 unspecified atom stereocenters. The fourth-order valence-corrected chi connectivity index (χ4v) is 3.77. The van der Waals surface area contributed by atoms with Crippen molar-refractivity contribution in [2.45, 2.75) is 31.6 Å². The first kappa shape index (κ1) is 22.2. The molecule has 0 aliphatic rings. The summed E-state index contributed by atoms with van der Waals surface area (Å²) in [6.07, 6.45) is 0.853. The van der Waals surface area contributed by atoms with Crippen LogP contribution in [0.4, 0.5) is 11.6 Å². The summed E-state index contributed by atoms with van der Waals surface area (Å²) in [5.41, 5.74) is 1.84. The van der Waals surface area contributed by atoms with Crippen LogP contribution < -0.4 is 14.8 Å². The van der Waals surface area contributed by atoms with Gasteiger partial charge in [-0.05, 0) is 62.7 Å². The topological polar surface area (TPSA) is 110 Å². The van der Waals surface area contributed by atoms with Gasteiger partial charge in [-0.25, -0.2) is 23.1 Å². The van der Waals surface area contributed by atoms with Crippen LogP contribution in [0.5, 0.6) is 5.75 Å². The molecule has 3 aromatic rings. The number of hydrogen-bond donors (Lipinski definition) is 2. The number of hydrogen-bond acceptors (Lipinski definition) is 6. The molecule has 1 heterocycles. The molecular formula is C22H24N4O4S. The van der Waals surface area contributed by atoms with Crippen LogP contribution >= 0.6 is 0 Å². The fourth-order valence-electron chi connectivity index (χ4n) is 2.83. The van der Waals surface area contributed by atoms with Gasteiger partial charge in [-0.3, -0.25) is 4.79 Å². The molecule has 162 valence electrons. The summed E-state index contributed by atoms with van der Waals surface area (Å²) in [5.74, 6) is 0.612. The number of nitrogens with one attached hydrogen (secondary N) is 2. The fraction of sp³-hybridized carbons (Fsp3) is 0.227. The zero-order valence-corrected chi connectivity index (χ0v) is 18.1. The predicted molar refractivity (Wildman–Crippen MR) is 119 cm³/mol. The highest BCUT2D eigenvalue weighted by Crippen LogP contribution is 2.17. The number of para-hydroxylation sites is 1. The summed E-state index contributed by atoms with van der Waals surface area (Å²) in [4.78, 5) is 20.3. The molecular weight excluding hydrogens is 416 g/mol. The van der Waals surface area contributed by atoms with Gasteiger partial charge >= 0.3 is 0 Å². The van der Waals surface area contributed by atoms with E-state index in [4.69, 9.17) is 4.74 Å². The number of benzene rings is 2. The lowest BCUT2D eigenvalue weighted by Crippen LogP contribution is -2.16. The number of carbonyl (C=O) groups is 1. The highest BCUT2D eigenvalue weighted by molar-refractivity contribution is 7.92. The van der Waals surface area contributed by atoms with E-state index in [0.717, 1.165) is 5.75 Å². The van der Waals surface area contributed by atoms with Crippen LogP contribution in [-0.2, 0) is 14.8 Å². The van der Waals surface area contributed by atoms with Crippen molar-refractivity contribution < 1.29 is 17.9 Å². The van der Waals surface area contributed by atoms with Crippen molar-refractivity contribution in [1.82, 2.24) is 9.97 Å². The molecule has 31 heavy (non-hydrogen) atoms. The Balaban J connectivity index is 1.51. The standard InChI is InChI=1S/C22H24N4O4S/c1-16-15-17(2)24-22(23-16)26-31(28,29)20-12-10-18(11-13-20)25-21(27)9-6-14-30-19-7-4-3-5-8-19/h3-5,7-8,10-13,15H,6,9,14H2,1-2H3,(H,25,27)(H,23,24,26). The van der Waals surface area contributed by atoms with Crippen LogP contribution in [0.25, 0.3) is 0 Å². The van der Waals surface area contributed by atoms with E-state index in [1.807, 2.05) is 30.3 Å². The Hall–Kier alpha value is -3.46. The summed E-state index contributed by atoms with van der Waals surface area (Å²) in [6, 6.07) is 17.1. The Morgan fingerprint density at radius 1 is 0.968 bits per heavy atom. The van der Waals surface area contributed by atoms with Gasteiger partial charge in [-0.2, -0.15) is 0 Å². The van der Waals surface area contributed by atoms with E-state index in [1.165, 1.54) is 24.3 Å². The lowest BCUT2D eigenvalue weighted by Gasteiger charge is -2.10. The largest absolute Gasteiger partial charge is 0.494 e. The molecule has 0 saturated carbocycles. The number of ether oxygens (including phenoxy) is 1. The normalized spacial score (nSPS) is 11.0. The van der Waals surface area contributed by atoms with Crippen molar-refractivity contribution in [2.75, 3.05) is 16.6 Å². The Morgan fingerprint density at radius 3 is 2.26 bits per heavy atom. The molecule has 0 spiro atoms. The number of aromatic nitrogens is 2. The molecule has 0 radical (unpaired) electrons. The van der Waals surface area contributed by atoms with E-state index in [-0.39, 0.29) is 16.8 Å². The molecule has 3 rings (SSSR count). The number of rotatable bonds is 9. The van der Waals surface area contributed by atoms with Gasteiger partial charge in [0.15, 0.2) is 0 Å². The number of nitrogens with zero attached hydrogens (tertiary/aromatic N) is 2. The van der Waals surface area contributed by atoms with Crippen molar-refractivity contribution >= 4 is 27.6 Å². The summed E-state index contributed by atoms with van der Waals surface area (Å²) >= 11 is 0. The minimum absolute atomic E-state index is 0.0209. The molecule has 0 atom stereocenters. The quantitative estimate of drug-likeness (QED) is 0.491. The molecule has 0 aliphatic carbocycles. The maximum atomic E-state index is 12.6. The lowest BCUT2D eigenvalue weighted by atomic mass is 10.2. The highest BCUT2D eigenvalue weighted by atomic mass is 32.2. The molecule has 2 N–H and O–H groups in total. The van der Waals surface area contributed by atoms with Crippen LogP contribution in [0.15, 0.2) is 65.6 Å². The van der Waals surface area contributed by atoms with Crippen LogP contribution in [0, 0.1) is 13.8 Å². The maximum Gasteiger partial charge on any atom is 0.264 e. The van der Waals surface area contributed by atoms with Gasteiger partial charge < -0.3 is 10.1 Å². The second kappa shape index (κ2) is 10.0. The van der Waals surface area contributed by atoms with Crippen molar-refractivity contribution in [3.05, 3.63) is 72.1 Å². The molecule has 0 fully saturated rings. The predicted octanol–water partition coefficient (Wildman–Crippen LogP) is 3.69. The van der Waals surface area contributed by atoms with E-state index in [0.29, 0.717) is 36.5 Å². The van der Waals surface area contributed by atoms with Crippen LogP contribution in [-0.4, -0.2) is 30.9 Å². The van der Waals surface area contributed by atoms with Crippen LogP contribution in [0.1, 0.15) is 24.2 Å². The zero-order valence-electron chi connectivity index (χ0n) is 17.3. The van der Waals surface area contributed by atoms with Crippen LogP contribution in [0.2, 0.25) is 0 Å². The highest BCUT2D eigenvalue weighted by Gasteiger charge is 2.16. The Bertz CT molecular complexity index is 1110. The van der Waals surface area contributed by atoms with Crippen molar-refractivity contribution in [3.8, 4) is 5.75 Å². The van der Waals surface area contributed by atoms with Crippen molar-refractivity contribution in [1.29, 1.82) is 0 Å². The van der Waals surface area contributed by atoms with E-state index < -0.39 is 10.0 Å². The number of aryl methyl sites for hydroxylation is 2. The average molecular weight is 441 g/mol. The second-order valence-corrected chi connectivity index (χ2v) is 8.60. The van der Waals surface area contributed by atoms with E-state index in [9.17, 15) is 13.2 Å². The molecule has 8 nitrogen and oxygen atoms in total. The monoisotopic (exact) mass is 440 g/mol. The first-order chi connectivity index (χ1) is 14.8. The average Bonchev–Trinajstić information content (AvgIpc) is 2.71. The minimum Gasteiger partial charge on any atom is -0.494 e. The SMILES string of the molecule is Cc1cc(C)nc(NS(=O)(=O)c2ccc(NC(=O)CCCOc3ccccc3)cc2)n1. The van der Waals surface area contributed by atoms with Gasteiger partial charge in [0.2, 0.25) is 11.9 Å². The van der Waals surface area contributed by atoms with Crippen molar-refractivity contribution in [3.63, 3.8) is 0 Å². The molecule has 2 aromatic carbocycles. The smallest absolute Gasteiger partial charge is 0.264 e. The van der Waals surface area contributed by atoms with E-state index >= 15 is 0 Å². The van der Waals surface area contributed by atoms with Gasteiger partial charge in [0.05, 0.1) is 11.5 Å². The van der Waals surface area contributed by atoms with E-state index in [2.05, 4.69) is 20.0 Å². The number of anilines is 2. The third-order valence-electron chi connectivity index (χ3n) is 4.22. The molecule has 0 aliphatic heterocycles. The minimum atomic E-state index is -3.84. The van der Waals surface area contributed by atoms with Gasteiger partial charge in [0.25, 0.3) is 10.0 Å². The summed E-state index contributed by atoms with van der Waals surface area (Å²) in [7, 11) is -3.84. The van der Waals surface area contributed by atoms with Gasteiger partial charge in [0, 0.05) is 23.5 Å². The van der Waals surface area contributed by atoms with E-state index in [1.54, 1.807) is 19.9 Å². The number of amides is 1. The first-order valence-electron chi connectivity index (χ1n) is 9.75. The van der Waals surface area contributed by atoms with Gasteiger partial charge in [0.1, 0.15) is 5.75 Å². The maximum absolute atomic E-state index is 12.6. The Morgan fingerprint density at radius 2 is 1.61 bits per heavy atom. The first-order valence-corrected chi connectivity index (χ1v) is 11.2. The van der Waals surface area contributed by atoms with Gasteiger partial charge in [-0.1, -0.05) is 18.2 Å². The van der Waals surface area contributed by atoms with Gasteiger partial charge in [-0.15, -0.1) is 0 Å². The third kappa shape index (κ3) is 6.78. The molecule has 0 saturated heterocycles. The Kier molecular flexibility index (Phi) is 7.19. The van der Waals surface area contributed by atoms with Crippen molar-refractivity contribution in [2.24, 2.45) is 0 Å².